The highest BCUT2D eigenvalue weighted by molar-refractivity contribution is 6.29. The van der Waals surface area contributed by atoms with Gasteiger partial charge in [-0.3, -0.25) is 9.36 Å². The zero-order valence-electron chi connectivity index (χ0n) is 7.65. The van der Waals surface area contributed by atoms with E-state index in [9.17, 15) is 4.79 Å². The summed E-state index contributed by atoms with van der Waals surface area (Å²) in [6.07, 6.45) is 3.44. The number of halogens is 1. The zero-order chi connectivity index (χ0) is 9.97. The quantitative estimate of drug-likeness (QED) is 0.661. The summed E-state index contributed by atoms with van der Waals surface area (Å²) in [6.45, 7) is 1.37. The molecule has 0 saturated carbocycles. The standard InChI is InChI=1S/C9H11ClN2O2/c10-8-4-9(13)12(6-11-8)7-2-1-3-14-5-7/h4,6-7H,1-3,5H2. The van der Waals surface area contributed by atoms with Crippen molar-refractivity contribution in [3.05, 3.63) is 27.9 Å². The number of hydrogen-bond donors (Lipinski definition) is 0. The molecule has 76 valence electrons. The molecule has 0 bridgehead atoms. The molecule has 1 aromatic heterocycles. The summed E-state index contributed by atoms with van der Waals surface area (Å²) in [7, 11) is 0. The highest BCUT2D eigenvalue weighted by Crippen LogP contribution is 2.17. The first kappa shape index (κ1) is 9.68. The fraction of sp³-hybridized carbons (Fsp3) is 0.556. The SMILES string of the molecule is O=c1cc(Cl)ncn1C1CCCOC1. The van der Waals surface area contributed by atoms with Crippen LogP contribution in [-0.4, -0.2) is 22.8 Å². The maximum absolute atomic E-state index is 11.5. The van der Waals surface area contributed by atoms with Crippen molar-refractivity contribution in [2.75, 3.05) is 13.2 Å². The maximum Gasteiger partial charge on any atom is 0.255 e. The lowest BCUT2D eigenvalue weighted by Gasteiger charge is -2.23. The van der Waals surface area contributed by atoms with Crippen LogP contribution in [0.15, 0.2) is 17.2 Å². The van der Waals surface area contributed by atoms with E-state index >= 15 is 0 Å². The Hall–Kier alpha value is -0.870. The van der Waals surface area contributed by atoms with E-state index in [2.05, 4.69) is 4.98 Å². The molecule has 1 aliphatic heterocycles. The van der Waals surface area contributed by atoms with Gasteiger partial charge < -0.3 is 4.74 Å². The van der Waals surface area contributed by atoms with Gasteiger partial charge in [0.25, 0.3) is 5.56 Å². The average Bonchev–Trinajstić information content (AvgIpc) is 2.19. The molecular formula is C9H11ClN2O2. The highest BCUT2D eigenvalue weighted by atomic mass is 35.5. The summed E-state index contributed by atoms with van der Waals surface area (Å²) in [4.78, 5) is 15.4. The number of ether oxygens (including phenoxy) is 1. The topological polar surface area (TPSA) is 44.1 Å². The van der Waals surface area contributed by atoms with Gasteiger partial charge in [-0.1, -0.05) is 11.6 Å². The molecule has 1 fully saturated rings. The van der Waals surface area contributed by atoms with E-state index in [1.54, 1.807) is 4.57 Å². The largest absolute Gasteiger partial charge is 0.379 e. The Kier molecular flexibility index (Phi) is 2.84. The second-order valence-corrected chi connectivity index (χ2v) is 3.72. The molecule has 0 radical (unpaired) electrons. The number of hydrogen-bond acceptors (Lipinski definition) is 3. The second kappa shape index (κ2) is 4.11. The highest BCUT2D eigenvalue weighted by Gasteiger charge is 2.16. The van der Waals surface area contributed by atoms with Crippen LogP contribution in [0.25, 0.3) is 0 Å². The normalized spacial score (nSPS) is 22.2. The lowest BCUT2D eigenvalue weighted by Crippen LogP contribution is -2.30. The van der Waals surface area contributed by atoms with Gasteiger partial charge in [-0.25, -0.2) is 4.98 Å². The fourth-order valence-corrected chi connectivity index (χ4v) is 1.74. The third kappa shape index (κ3) is 1.96. The first-order chi connectivity index (χ1) is 6.77. The smallest absolute Gasteiger partial charge is 0.255 e. The van der Waals surface area contributed by atoms with E-state index in [0.717, 1.165) is 19.4 Å². The molecule has 0 amide bonds. The van der Waals surface area contributed by atoms with Gasteiger partial charge in [0.15, 0.2) is 0 Å². The van der Waals surface area contributed by atoms with E-state index in [4.69, 9.17) is 16.3 Å². The Bertz CT molecular complexity index is 371. The van der Waals surface area contributed by atoms with Gasteiger partial charge in [-0.2, -0.15) is 0 Å². The Morgan fingerprint density at radius 2 is 2.50 bits per heavy atom. The number of aromatic nitrogens is 2. The summed E-state index contributed by atoms with van der Waals surface area (Å²) < 4.78 is 6.89. The van der Waals surface area contributed by atoms with Crippen LogP contribution in [-0.2, 0) is 4.74 Å². The molecule has 0 N–H and O–H groups in total. The summed E-state index contributed by atoms with van der Waals surface area (Å²) >= 11 is 5.60. The molecule has 5 heteroatoms. The van der Waals surface area contributed by atoms with Gasteiger partial charge >= 0.3 is 0 Å². The molecule has 2 heterocycles. The molecule has 1 aliphatic rings. The van der Waals surface area contributed by atoms with Gasteiger partial charge in [0.2, 0.25) is 0 Å². The predicted molar refractivity (Wildman–Crippen MR) is 52.6 cm³/mol. The molecule has 1 unspecified atom stereocenters. The third-order valence-corrected chi connectivity index (χ3v) is 2.54. The van der Waals surface area contributed by atoms with E-state index in [-0.39, 0.29) is 16.8 Å². The molecule has 1 atom stereocenters. The summed E-state index contributed by atoms with van der Waals surface area (Å²) in [6, 6.07) is 1.44. The molecule has 0 aliphatic carbocycles. The van der Waals surface area contributed by atoms with Gasteiger partial charge in [0.05, 0.1) is 19.0 Å². The lowest BCUT2D eigenvalue weighted by molar-refractivity contribution is 0.0576. The van der Waals surface area contributed by atoms with Crippen LogP contribution < -0.4 is 5.56 Å². The van der Waals surface area contributed by atoms with E-state index in [1.807, 2.05) is 0 Å². The Morgan fingerprint density at radius 1 is 1.64 bits per heavy atom. The van der Waals surface area contributed by atoms with Gasteiger partial charge in [-0.05, 0) is 12.8 Å². The molecule has 4 nitrogen and oxygen atoms in total. The first-order valence-corrected chi connectivity index (χ1v) is 4.96. The number of nitrogens with zero attached hydrogens (tertiary/aromatic N) is 2. The van der Waals surface area contributed by atoms with Crippen molar-refractivity contribution in [2.24, 2.45) is 0 Å². The van der Waals surface area contributed by atoms with Crippen LogP contribution in [0.4, 0.5) is 0 Å². The minimum Gasteiger partial charge on any atom is -0.379 e. The van der Waals surface area contributed by atoms with Crippen molar-refractivity contribution < 1.29 is 4.74 Å². The molecule has 14 heavy (non-hydrogen) atoms. The van der Waals surface area contributed by atoms with Crippen LogP contribution in [0.1, 0.15) is 18.9 Å². The number of rotatable bonds is 1. The average molecular weight is 215 g/mol. The Morgan fingerprint density at radius 3 is 3.14 bits per heavy atom. The summed E-state index contributed by atoms with van der Waals surface area (Å²) in [5, 5.41) is 0.239. The van der Waals surface area contributed by atoms with Crippen LogP contribution in [0.5, 0.6) is 0 Å². The Balaban J connectivity index is 2.26. The predicted octanol–water partition coefficient (Wildman–Crippen LogP) is 1.25. The molecule has 1 aromatic rings. The molecule has 1 saturated heterocycles. The minimum absolute atomic E-state index is 0.111. The van der Waals surface area contributed by atoms with Crippen molar-refractivity contribution in [3.63, 3.8) is 0 Å². The minimum atomic E-state index is -0.111. The lowest BCUT2D eigenvalue weighted by atomic mass is 10.1. The van der Waals surface area contributed by atoms with E-state index < -0.39 is 0 Å². The third-order valence-electron chi connectivity index (χ3n) is 2.33. The molecule has 0 aromatic carbocycles. The Labute approximate surface area is 86.5 Å². The van der Waals surface area contributed by atoms with Crippen molar-refractivity contribution >= 4 is 11.6 Å². The monoisotopic (exact) mass is 214 g/mol. The van der Waals surface area contributed by atoms with E-state index in [1.165, 1.54) is 12.4 Å². The molecular weight excluding hydrogens is 204 g/mol. The van der Waals surface area contributed by atoms with Gasteiger partial charge in [-0.15, -0.1) is 0 Å². The summed E-state index contributed by atoms with van der Waals surface area (Å²) in [5.74, 6) is 0. The molecule has 2 rings (SSSR count). The van der Waals surface area contributed by atoms with Gasteiger partial charge in [0, 0.05) is 12.7 Å². The van der Waals surface area contributed by atoms with Crippen LogP contribution >= 0.6 is 11.6 Å². The van der Waals surface area contributed by atoms with Crippen LogP contribution in [0.3, 0.4) is 0 Å². The van der Waals surface area contributed by atoms with Crippen LogP contribution in [0, 0.1) is 0 Å². The van der Waals surface area contributed by atoms with Crippen molar-refractivity contribution in [1.29, 1.82) is 0 Å². The molecule has 0 spiro atoms. The van der Waals surface area contributed by atoms with E-state index in [0.29, 0.717) is 6.61 Å². The van der Waals surface area contributed by atoms with Gasteiger partial charge in [0.1, 0.15) is 5.15 Å². The van der Waals surface area contributed by atoms with Crippen LogP contribution in [0.2, 0.25) is 5.15 Å². The van der Waals surface area contributed by atoms with Crippen molar-refractivity contribution in [3.8, 4) is 0 Å². The second-order valence-electron chi connectivity index (χ2n) is 3.33. The first-order valence-electron chi connectivity index (χ1n) is 4.59. The zero-order valence-corrected chi connectivity index (χ0v) is 8.41. The van der Waals surface area contributed by atoms with Crippen molar-refractivity contribution in [1.82, 2.24) is 9.55 Å². The fourth-order valence-electron chi connectivity index (χ4n) is 1.61. The van der Waals surface area contributed by atoms with Crippen molar-refractivity contribution in [2.45, 2.75) is 18.9 Å². The maximum atomic E-state index is 11.5. The summed E-state index contributed by atoms with van der Waals surface area (Å²) in [5.41, 5.74) is -0.111.